The molecule has 2 unspecified atom stereocenters. The van der Waals surface area contributed by atoms with Crippen LogP contribution >= 0.6 is 0 Å². The molecule has 1 fully saturated rings. The highest BCUT2D eigenvalue weighted by Gasteiger charge is 2.26. The Labute approximate surface area is 107 Å². The lowest BCUT2D eigenvalue weighted by atomic mass is 10.1. The van der Waals surface area contributed by atoms with E-state index in [1.54, 1.807) is 19.2 Å². The molecule has 100 valence electrons. The number of hydrogen-bond acceptors (Lipinski definition) is 3. The van der Waals surface area contributed by atoms with Gasteiger partial charge in [-0.3, -0.25) is 0 Å². The van der Waals surface area contributed by atoms with Crippen molar-refractivity contribution in [2.45, 2.75) is 38.0 Å². The molecule has 18 heavy (non-hydrogen) atoms. The lowest BCUT2D eigenvalue weighted by Gasteiger charge is -2.19. The number of nitrogens with one attached hydrogen (secondary N) is 1. The lowest BCUT2D eigenvalue weighted by molar-refractivity contribution is 0.0846. The topological polar surface area (TPSA) is 30.5 Å². The predicted octanol–water partition coefficient (Wildman–Crippen LogP) is 2.49. The van der Waals surface area contributed by atoms with Crippen molar-refractivity contribution in [1.82, 2.24) is 5.32 Å². The van der Waals surface area contributed by atoms with Crippen LogP contribution in [-0.4, -0.2) is 26.4 Å². The zero-order valence-electron chi connectivity index (χ0n) is 10.9. The molecule has 0 amide bonds. The van der Waals surface area contributed by atoms with Crippen LogP contribution < -0.4 is 10.1 Å². The molecule has 2 rings (SSSR count). The Balaban J connectivity index is 1.93. The Bertz CT molecular complexity index is 397. The molecule has 1 saturated carbocycles. The van der Waals surface area contributed by atoms with Crippen molar-refractivity contribution >= 4 is 0 Å². The van der Waals surface area contributed by atoms with E-state index in [-0.39, 0.29) is 11.9 Å². The molecular formula is C14H20FNO2. The first kappa shape index (κ1) is 13.3. The first-order valence-electron chi connectivity index (χ1n) is 6.33. The number of rotatable bonds is 5. The number of hydrogen-bond donors (Lipinski definition) is 1. The third-order valence-electron chi connectivity index (χ3n) is 3.57. The fraction of sp³-hybridized carbons (Fsp3) is 0.571. The van der Waals surface area contributed by atoms with Gasteiger partial charge in [-0.15, -0.1) is 0 Å². The molecule has 0 aromatic heterocycles. The van der Waals surface area contributed by atoms with Gasteiger partial charge in [0.05, 0.1) is 13.2 Å². The van der Waals surface area contributed by atoms with Gasteiger partial charge in [0.15, 0.2) is 0 Å². The van der Waals surface area contributed by atoms with Crippen molar-refractivity contribution in [2.24, 2.45) is 0 Å². The molecule has 1 aliphatic rings. The molecule has 1 aliphatic carbocycles. The second kappa shape index (κ2) is 6.16. The average molecular weight is 253 g/mol. The van der Waals surface area contributed by atoms with Gasteiger partial charge in [0.1, 0.15) is 11.6 Å². The molecule has 2 atom stereocenters. The smallest absolute Gasteiger partial charge is 0.131 e. The summed E-state index contributed by atoms with van der Waals surface area (Å²) in [6.45, 7) is 0.528. The van der Waals surface area contributed by atoms with Gasteiger partial charge >= 0.3 is 0 Å². The summed E-state index contributed by atoms with van der Waals surface area (Å²) < 4.78 is 24.1. The van der Waals surface area contributed by atoms with Crippen molar-refractivity contribution in [2.75, 3.05) is 14.2 Å². The van der Waals surface area contributed by atoms with Crippen LogP contribution in [0.1, 0.15) is 24.8 Å². The van der Waals surface area contributed by atoms with Crippen LogP contribution in [0, 0.1) is 5.82 Å². The highest BCUT2D eigenvalue weighted by Crippen LogP contribution is 2.22. The number of halogens is 1. The first-order chi connectivity index (χ1) is 8.74. The maximum atomic E-state index is 13.7. The fourth-order valence-electron chi connectivity index (χ4n) is 2.48. The highest BCUT2D eigenvalue weighted by molar-refractivity contribution is 5.28. The summed E-state index contributed by atoms with van der Waals surface area (Å²) in [5, 5.41) is 3.37. The number of ether oxygens (including phenoxy) is 2. The van der Waals surface area contributed by atoms with Gasteiger partial charge in [-0.2, -0.15) is 0 Å². The standard InChI is InChI=1S/C14H20FNO2/c1-17-11-7-6-10(12(15)8-11)9-16-13-4-3-5-14(13)18-2/h6-8,13-14,16H,3-5,9H2,1-2H3. The van der Waals surface area contributed by atoms with Crippen LogP contribution in [0.2, 0.25) is 0 Å². The molecule has 3 nitrogen and oxygen atoms in total. The van der Waals surface area contributed by atoms with Crippen molar-refractivity contribution in [3.05, 3.63) is 29.6 Å². The summed E-state index contributed by atoms with van der Waals surface area (Å²) in [5.74, 6) is 0.320. The van der Waals surface area contributed by atoms with E-state index in [1.165, 1.54) is 19.6 Å². The molecule has 1 N–H and O–H groups in total. The molecule has 1 aromatic rings. The molecule has 0 aliphatic heterocycles. The zero-order valence-corrected chi connectivity index (χ0v) is 10.9. The summed E-state index contributed by atoms with van der Waals surface area (Å²) in [6.07, 6.45) is 3.60. The molecule has 0 spiro atoms. The van der Waals surface area contributed by atoms with E-state index < -0.39 is 0 Å². The van der Waals surface area contributed by atoms with E-state index in [2.05, 4.69) is 5.32 Å². The van der Waals surface area contributed by atoms with Crippen LogP contribution in [0.25, 0.3) is 0 Å². The molecular weight excluding hydrogens is 233 g/mol. The van der Waals surface area contributed by atoms with Gasteiger partial charge in [0.25, 0.3) is 0 Å². The molecule has 0 heterocycles. The summed E-state index contributed by atoms with van der Waals surface area (Å²) in [4.78, 5) is 0. The SMILES string of the molecule is COc1ccc(CNC2CCCC2OC)c(F)c1. The predicted molar refractivity (Wildman–Crippen MR) is 68.2 cm³/mol. The van der Waals surface area contributed by atoms with Crippen LogP contribution in [0.5, 0.6) is 5.75 Å². The minimum Gasteiger partial charge on any atom is -0.497 e. The van der Waals surface area contributed by atoms with E-state index in [9.17, 15) is 4.39 Å². The van der Waals surface area contributed by atoms with E-state index in [0.717, 1.165) is 12.8 Å². The van der Waals surface area contributed by atoms with Crippen molar-refractivity contribution in [3.63, 3.8) is 0 Å². The highest BCUT2D eigenvalue weighted by atomic mass is 19.1. The average Bonchev–Trinajstić information content (AvgIpc) is 2.84. The van der Waals surface area contributed by atoms with Crippen molar-refractivity contribution in [1.29, 1.82) is 0 Å². The summed E-state index contributed by atoms with van der Waals surface area (Å²) >= 11 is 0. The van der Waals surface area contributed by atoms with Crippen molar-refractivity contribution < 1.29 is 13.9 Å². The molecule has 0 saturated heterocycles. The van der Waals surface area contributed by atoms with E-state index in [1.807, 2.05) is 0 Å². The summed E-state index contributed by atoms with van der Waals surface area (Å²) in [7, 11) is 3.27. The quantitative estimate of drug-likeness (QED) is 0.874. The van der Waals surface area contributed by atoms with Gasteiger partial charge in [0, 0.05) is 31.3 Å². The summed E-state index contributed by atoms with van der Waals surface area (Å²) in [6, 6.07) is 5.29. The first-order valence-corrected chi connectivity index (χ1v) is 6.33. The maximum Gasteiger partial charge on any atom is 0.131 e. The normalized spacial score (nSPS) is 23.3. The third kappa shape index (κ3) is 3.00. The molecule has 0 bridgehead atoms. The molecule has 0 radical (unpaired) electrons. The second-order valence-electron chi connectivity index (χ2n) is 4.65. The second-order valence-corrected chi connectivity index (χ2v) is 4.65. The summed E-state index contributed by atoms with van der Waals surface area (Å²) in [5.41, 5.74) is 0.664. The van der Waals surface area contributed by atoms with Gasteiger partial charge in [-0.05, 0) is 25.3 Å². The number of benzene rings is 1. The molecule has 4 heteroatoms. The Morgan fingerprint density at radius 3 is 2.83 bits per heavy atom. The van der Waals surface area contributed by atoms with E-state index >= 15 is 0 Å². The van der Waals surface area contributed by atoms with Crippen LogP contribution in [0.3, 0.4) is 0 Å². The van der Waals surface area contributed by atoms with Crippen LogP contribution in [-0.2, 0) is 11.3 Å². The van der Waals surface area contributed by atoms with E-state index in [4.69, 9.17) is 9.47 Å². The maximum absolute atomic E-state index is 13.7. The van der Waals surface area contributed by atoms with Gasteiger partial charge in [-0.1, -0.05) is 6.07 Å². The minimum absolute atomic E-state index is 0.228. The Hall–Kier alpha value is -1.13. The monoisotopic (exact) mass is 253 g/mol. The van der Waals surface area contributed by atoms with Crippen LogP contribution in [0.4, 0.5) is 4.39 Å². The Morgan fingerprint density at radius 1 is 1.33 bits per heavy atom. The largest absolute Gasteiger partial charge is 0.497 e. The zero-order chi connectivity index (χ0) is 13.0. The van der Waals surface area contributed by atoms with Crippen LogP contribution in [0.15, 0.2) is 18.2 Å². The van der Waals surface area contributed by atoms with Crippen molar-refractivity contribution in [3.8, 4) is 5.75 Å². The lowest BCUT2D eigenvalue weighted by Crippen LogP contribution is -2.36. The Kier molecular flexibility index (Phi) is 4.55. The fourth-order valence-corrected chi connectivity index (χ4v) is 2.48. The molecule has 1 aromatic carbocycles. The van der Waals surface area contributed by atoms with Gasteiger partial charge < -0.3 is 14.8 Å². The Morgan fingerprint density at radius 2 is 2.17 bits per heavy atom. The number of methoxy groups -OCH3 is 2. The third-order valence-corrected chi connectivity index (χ3v) is 3.57. The van der Waals surface area contributed by atoms with Gasteiger partial charge in [-0.25, -0.2) is 4.39 Å². The van der Waals surface area contributed by atoms with Gasteiger partial charge in [0.2, 0.25) is 0 Å². The van der Waals surface area contributed by atoms with E-state index in [0.29, 0.717) is 23.9 Å². The minimum atomic E-state index is -0.228.